The summed E-state index contributed by atoms with van der Waals surface area (Å²) in [5.41, 5.74) is 7.01. The van der Waals surface area contributed by atoms with E-state index in [-0.39, 0.29) is 17.2 Å². The van der Waals surface area contributed by atoms with Gasteiger partial charge in [-0.25, -0.2) is 4.79 Å². The van der Waals surface area contributed by atoms with Crippen LogP contribution in [0.2, 0.25) is 0 Å². The molecule has 1 aromatic carbocycles. The molecule has 0 spiro atoms. The number of benzene rings is 1. The van der Waals surface area contributed by atoms with Crippen LogP contribution < -0.4 is 10.5 Å². The first-order valence-electron chi connectivity index (χ1n) is 6.21. The number of carboxylic acids is 1. The smallest absolute Gasteiger partial charge is 0.337 e. The molecule has 1 atom stereocenters. The van der Waals surface area contributed by atoms with Crippen molar-refractivity contribution in [3.05, 3.63) is 65.3 Å². The number of rotatable bonds is 2. The molecule has 0 saturated heterocycles. The van der Waals surface area contributed by atoms with Crippen LogP contribution >= 0.6 is 0 Å². The van der Waals surface area contributed by atoms with Gasteiger partial charge in [0.2, 0.25) is 5.88 Å². The number of phenols is 1. The molecule has 4 N–H and O–H groups in total. The minimum Gasteiger partial charge on any atom is -0.508 e. The summed E-state index contributed by atoms with van der Waals surface area (Å²) in [4.78, 5) is 15.6. The molecule has 3 rings (SSSR count). The minimum atomic E-state index is -1.15. The molecule has 0 aliphatic carbocycles. The summed E-state index contributed by atoms with van der Waals surface area (Å²) in [5.74, 6) is -1.58. The maximum atomic E-state index is 11.5. The average molecular weight is 284 g/mol. The third-order valence-corrected chi connectivity index (χ3v) is 3.33. The predicted octanol–water partition coefficient (Wildman–Crippen LogP) is 1.57. The SMILES string of the molecule is NC1=C(C(=O)O)C(c2cccnc2)c2ccc(O)cc2O1. The zero-order valence-electron chi connectivity index (χ0n) is 10.9. The van der Waals surface area contributed by atoms with Crippen LogP contribution in [0.1, 0.15) is 17.0 Å². The van der Waals surface area contributed by atoms with Crippen LogP contribution in [0.25, 0.3) is 0 Å². The van der Waals surface area contributed by atoms with E-state index < -0.39 is 11.9 Å². The number of aromatic hydroxyl groups is 1. The quantitative estimate of drug-likeness (QED) is 0.773. The Labute approximate surface area is 120 Å². The fourth-order valence-corrected chi connectivity index (χ4v) is 2.44. The number of aliphatic carboxylic acids is 1. The van der Waals surface area contributed by atoms with Gasteiger partial charge in [0.1, 0.15) is 17.1 Å². The van der Waals surface area contributed by atoms with E-state index in [4.69, 9.17) is 10.5 Å². The number of carboxylic acid groups (broad SMARTS) is 1. The Hall–Kier alpha value is -3.02. The predicted molar refractivity (Wildman–Crippen MR) is 73.7 cm³/mol. The van der Waals surface area contributed by atoms with E-state index >= 15 is 0 Å². The summed E-state index contributed by atoms with van der Waals surface area (Å²) in [7, 11) is 0. The third kappa shape index (κ3) is 2.16. The lowest BCUT2D eigenvalue weighted by Crippen LogP contribution is -2.26. The molecule has 6 heteroatoms. The van der Waals surface area contributed by atoms with Gasteiger partial charge >= 0.3 is 5.97 Å². The Morgan fingerprint density at radius 3 is 2.81 bits per heavy atom. The van der Waals surface area contributed by atoms with Crippen molar-refractivity contribution in [2.75, 3.05) is 0 Å². The fourth-order valence-electron chi connectivity index (χ4n) is 2.44. The van der Waals surface area contributed by atoms with Crippen LogP contribution in [-0.2, 0) is 4.79 Å². The summed E-state index contributed by atoms with van der Waals surface area (Å²) in [6.07, 6.45) is 3.19. The molecule has 1 aliphatic rings. The monoisotopic (exact) mass is 284 g/mol. The first-order valence-corrected chi connectivity index (χ1v) is 6.21. The van der Waals surface area contributed by atoms with Crippen LogP contribution in [0.3, 0.4) is 0 Å². The lowest BCUT2D eigenvalue weighted by molar-refractivity contribution is -0.133. The van der Waals surface area contributed by atoms with Gasteiger partial charge < -0.3 is 20.7 Å². The normalized spacial score (nSPS) is 17.0. The van der Waals surface area contributed by atoms with E-state index in [0.717, 1.165) is 0 Å². The van der Waals surface area contributed by atoms with E-state index in [0.29, 0.717) is 16.9 Å². The number of aromatic nitrogens is 1. The summed E-state index contributed by atoms with van der Waals surface area (Å²) in [6.45, 7) is 0. The van der Waals surface area contributed by atoms with Gasteiger partial charge in [-0.2, -0.15) is 0 Å². The molecule has 1 unspecified atom stereocenters. The minimum absolute atomic E-state index is 0.0188. The van der Waals surface area contributed by atoms with Gasteiger partial charge in [0.15, 0.2) is 0 Å². The maximum Gasteiger partial charge on any atom is 0.337 e. The Morgan fingerprint density at radius 1 is 1.33 bits per heavy atom. The standard InChI is InChI=1S/C15H12N2O4/c16-14-13(15(19)20)12(8-2-1-5-17-7-8)10-4-3-9(18)6-11(10)21-14/h1-7,12,18H,16H2,(H,19,20). The maximum absolute atomic E-state index is 11.5. The number of ether oxygens (including phenoxy) is 1. The summed E-state index contributed by atoms with van der Waals surface area (Å²) in [6, 6.07) is 8.00. The van der Waals surface area contributed by atoms with E-state index in [1.165, 1.54) is 12.1 Å². The van der Waals surface area contributed by atoms with Crippen LogP contribution in [0.15, 0.2) is 54.2 Å². The molecule has 2 aromatic rings. The molecule has 1 aliphatic heterocycles. The topological polar surface area (TPSA) is 106 Å². The van der Waals surface area contributed by atoms with Crippen LogP contribution in [0, 0.1) is 0 Å². The number of pyridine rings is 1. The summed E-state index contributed by atoms with van der Waals surface area (Å²) in [5, 5.41) is 19.0. The molecule has 6 nitrogen and oxygen atoms in total. The second-order valence-corrected chi connectivity index (χ2v) is 4.63. The molecule has 106 valence electrons. The highest BCUT2D eigenvalue weighted by molar-refractivity contribution is 5.91. The molecule has 1 aromatic heterocycles. The molecule has 0 radical (unpaired) electrons. The van der Waals surface area contributed by atoms with Crippen LogP contribution in [0.5, 0.6) is 11.5 Å². The third-order valence-electron chi connectivity index (χ3n) is 3.33. The van der Waals surface area contributed by atoms with Gasteiger partial charge in [0, 0.05) is 24.0 Å². The van der Waals surface area contributed by atoms with Gasteiger partial charge in [0.05, 0.1) is 5.92 Å². The number of hydrogen-bond acceptors (Lipinski definition) is 5. The zero-order valence-corrected chi connectivity index (χ0v) is 10.9. The molecular formula is C15H12N2O4. The Kier molecular flexibility index (Phi) is 2.98. The second kappa shape index (κ2) is 4.82. The molecule has 0 bridgehead atoms. The average Bonchev–Trinajstić information content (AvgIpc) is 2.46. The number of fused-ring (bicyclic) bond motifs is 1. The van der Waals surface area contributed by atoms with Crippen molar-refractivity contribution in [3.63, 3.8) is 0 Å². The molecule has 21 heavy (non-hydrogen) atoms. The highest BCUT2D eigenvalue weighted by Crippen LogP contribution is 2.43. The highest BCUT2D eigenvalue weighted by Gasteiger charge is 2.34. The molecular weight excluding hydrogens is 272 g/mol. The van der Waals surface area contributed by atoms with Gasteiger partial charge in [-0.3, -0.25) is 4.98 Å². The Balaban J connectivity index is 2.24. The van der Waals surface area contributed by atoms with E-state index in [9.17, 15) is 15.0 Å². The first-order chi connectivity index (χ1) is 10.1. The van der Waals surface area contributed by atoms with E-state index in [1.54, 1.807) is 30.6 Å². The number of hydrogen-bond donors (Lipinski definition) is 3. The van der Waals surface area contributed by atoms with Crippen molar-refractivity contribution in [1.29, 1.82) is 0 Å². The number of nitrogens with two attached hydrogens (primary N) is 1. The lowest BCUT2D eigenvalue weighted by atomic mass is 9.84. The highest BCUT2D eigenvalue weighted by atomic mass is 16.5. The Morgan fingerprint density at radius 2 is 2.14 bits per heavy atom. The second-order valence-electron chi connectivity index (χ2n) is 4.63. The Bertz CT molecular complexity index is 741. The van der Waals surface area contributed by atoms with E-state index in [2.05, 4.69) is 4.98 Å². The summed E-state index contributed by atoms with van der Waals surface area (Å²) < 4.78 is 5.33. The van der Waals surface area contributed by atoms with Gasteiger partial charge in [0.25, 0.3) is 0 Å². The van der Waals surface area contributed by atoms with Crippen LogP contribution in [-0.4, -0.2) is 21.2 Å². The van der Waals surface area contributed by atoms with Crippen molar-refractivity contribution < 1.29 is 19.7 Å². The molecule has 0 amide bonds. The number of carbonyl (C=O) groups is 1. The largest absolute Gasteiger partial charge is 0.508 e. The van der Waals surface area contributed by atoms with Crippen molar-refractivity contribution >= 4 is 5.97 Å². The van der Waals surface area contributed by atoms with Crippen molar-refractivity contribution in [1.82, 2.24) is 4.98 Å². The molecule has 2 heterocycles. The van der Waals surface area contributed by atoms with E-state index in [1.807, 2.05) is 0 Å². The van der Waals surface area contributed by atoms with Crippen molar-refractivity contribution in [3.8, 4) is 11.5 Å². The van der Waals surface area contributed by atoms with Gasteiger partial charge in [-0.1, -0.05) is 12.1 Å². The lowest BCUT2D eigenvalue weighted by Gasteiger charge is -2.27. The number of nitrogens with zero attached hydrogens (tertiary/aromatic N) is 1. The molecule has 0 fully saturated rings. The molecule has 0 saturated carbocycles. The first kappa shape index (κ1) is 13.0. The van der Waals surface area contributed by atoms with Gasteiger partial charge in [-0.05, 0) is 17.7 Å². The summed E-state index contributed by atoms with van der Waals surface area (Å²) >= 11 is 0. The fraction of sp³-hybridized carbons (Fsp3) is 0.0667. The van der Waals surface area contributed by atoms with Gasteiger partial charge in [-0.15, -0.1) is 0 Å². The van der Waals surface area contributed by atoms with Crippen molar-refractivity contribution in [2.24, 2.45) is 5.73 Å². The number of phenolic OH excluding ortho intramolecular Hbond substituents is 1. The zero-order chi connectivity index (χ0) is 15.0. The van der Waals surface area contributed by atoms with Crippen LogP contribution in [0.4, 0.5) is 0 Å². The van der Waals surface area contributed by atoms with Crippen molar-refractivity contribution in [2.45, 2.75) is 5.92 Å².